The van der Waals surface area contributed by atoms with E-state index in [0.29, 0.717) is 10.0 Å². The fourth-order valence-electron chi connectivity index (χ4n) is 1.28. The van der Waals surface area contributed by atoms with E-state index in [-0.39, 0.29) is 12.5 Å². The molecule has 1 rings (SSSR count). The van der Waals surface area contributed by atoms with Crippen LogP contribution in [0.5, 0.6) is 0 Å². The zero-order valence-corrected chi connectivity index (χ0v) is 12.2. The summed E-state index contributed by atoms with van der Waals surface area (Å²) < 4.78 is 0.702. The molecule has 0 aromatic heterocycles. The Morgan fingerprint density at radius 1 is 1.39 bits per heavy atom. The second-order valence-corrected chi connectivity index (χ2v) is 5.71. The van der Waals surface area contributed by atoms with E-state index in [4.69, 9.17) is 5.11 Å². The van der Waals surface area contributed by atoms with E-state index in [1.54, 1.807) is 19.9 Å². The number of halogens is 1. The Kier molecular flexibility index (Phi) is 4.51. The molecule has 98 valence electrons. The van der Waals surface area contributed by atoms with Crippen molar-refractivity contribution in [2.75, 3.05) is 6.54 Å². The fraction of sp³-hybridized carbons (Fsp3) is 0.385. The Morgan fingerprint density at radius 2 is 2.00 bits per heavy atom. The Bertz CT molecular complexity index is 483. The summed E-state index contributed by atoms with van der Waals surface area (Å²) in [5, 5.41) is 11.6. The number of nitrogens with one attached hydrogen (secondary N) is 1. The number of rotatable bonds is 4. The van der Waals surface area contributed by atoms with Crippen LogP contribution in [0.1, 0.15) is 29.8 Å². The van der Waals surface area contributed by atoms with E-state index < -0.39 is 11.4 Å². The second kappa shape index (κ2) is 5.52. The third kappa shape index (κ3) is 3.57. The summed E-state index contributed by atoms with van der Waals surface area (Å²) in [4.78, 5) is 22.8. The van der Waals surface area contributed by atoms with Crippen LogP contribution in [0.2, 0.25) is 0 Å². The van der Waals surface area contributed by atoms with Crippen LogP contribution in [0.4, 0.5) is 0 Å². The van der Waals surface area contributed by atoms with Crippen LogP contribution in [0.25, 0.3) is 0 Å². The van der Waals surface area contributed by atoms with Gasteiger partial charge < -0.3 is 10.4 Å². The minimum absolute atomic E-state index is 0.0848. The average molecular weight is 314 g/mol. The van der Waals surface area contributed by atoms with Crippen LogP contribution in [0.15, 0.2) is 22.7 Å². The lowest BCUT2D eigenvalue weighted by Gasteiger charge is -2.19. The topological polar surface area (TPSA) is 66.4 Å². The summed E-state index contributed by atoms with van der Waals surface area (Å²) in [6, 6.07) is 5.39. The highest BCUT2D eigenvalue weighted by atomic mass is 79.9. The molecule has 0 heterocycles. The summed E-state index contributed by atoms with van der Waals surface area (Å²) in [6.07, 6.45) is 0. The molecule has 2 N–H and O–H groups in total. The van der Waals surface area contributed by atoms with Gasteiger partial charge in [0.2, 0.25) is 0 Å². The van der Waals surface area contributed by atoms with Crippen molar-refractivity contribution in [1.82, 2.24) is 5.32 Å². The molecule has 1 amide bonds. The van der Waals surface area contributed by atoms with Crippen LogP contribution in [0, 0.1) is 12.3 Å². The molecule has 0 unspecified atom stereocenters. The predicted octanol–water partition coefficient (Wildman–Crippen LogP) is 2.60. The first kappa shape index (κ1) is 14.7. The molecule has 1 aromatic carbocycles. The maximum Gasteiger partial charge on any atom is 0.310 e. The number of hydrogen-bond acceptors (Lipinski definition) is 2. The lowest BCUT2D eigenvalue weighted by atomic mass is 9.94. The molecule has 0 radical (unpaired) electrons. The number of aliphatic carboxylic acids is 1. The maximum absolute atomic E-state index is 11.9. The van der Waals surface area contributed by atoms with Gasteiger partial charge in [-0.2, -0.15) is 0 Å². The Hall–Kier alpha value is -1.36. The summed E-state index contributed by atoms with van der Waals surface area (Å²) in [6.45, 7) is 5.15. The summed E-state index contributed by atoms with van der Waals surface area (Å²) in [7, 11) is 0. The van der Waals surface area contributed by atoms with Crippen molar-refractivity contribution in [3.05, 3.63) is 33.8 Å². The first-order valence-corrected chi connectivity index (χ1v) is 6.31. The predicted molar refractivity (Wildman–Crippen MR) is 72.6 cm³/mol. The van der Waals surface area contributed by atoms with Gasteiger partial charge in [-0.3, -0.25) is 9.59 Å². The van der Waals surface area contributed by atoms with Crippen molar-refractivity contribution in [2.45, 2.75) is 20.8 Å². The summed E-state index contributed by atoms with van der Waals surface area (Å²) in [5.41, 5.74) is 0.568. The third-order valence-electron chi connectivity index (χ3n) is 2.64. The van der Waals surface area contributed by atoms with E-state index in [1.807, 2.05) is 19.1 Å². The lowest BCUT2D eigenvalue weighted by molar-refractivity contribution is -0.146. The smallest absolute Gasteiger partial charge is 0.310 e. The van der Waals surface area contributed by atoms with Crippen molar-refractivity contribution in [2.24, 2.45) is 5.41 Å². The highest BCUT2D eigenvalue weighted by molar-refractivity contribution is 9.10. The van der Waals surface area contributed by atoms with Gasteiger partial charge in [0.15, 0.2) is 0 Å². The van der Waals surface area contributed by atoms with Crippen LogP contribution < -0.4 is 5.32 Å². The van der Waals surface area contributed by atoms with Gasteiger partial charge in [-0.25, -0.2) is 0 Å². The van der Waals surface area contributed by atoms with Crippen LogP contribution in [-0.2, 0) is 4.79 Å². The first-order chi connectivity index (χ1) is 8.24. The number of benzene rings is 1. The number of carbonyl (C=O) groups is 2. The monoisotopic (exact) mass is 313 g/mol. The molecule has 0 saturated heterocycles. The highest BCUT2D eigenvalue weighted by Gasteiger charge is 2.27. The number of aryl methyl sites for hydroxylation is 1. The molecule has 0 aliphatic heterocycles. The standard InChI is InChI=1S/C13H16BrNO3/c1-8-4-5-9(10(14)6-8)11(16)15-7-13(2,3)12(17)18/h4-6H,7H2,1-3H3,(H,15,16)(H,17,18). The van der Waals surface area contributed by atoms with E-state index in [9.17, 15) is 9.59 Å². The largest absolute Gasteiger partial charge is 0.481 e. The summed E-state index contributed by atoms with van der Waals surface area (Å²) in [5.74, 6) is -1.22. The molecule has 18 heavy (non-hydrogen) atoms. The van der Waals surface area contributed by atoms with E-state index in [0.717, 1.165) is 5.56 Å². The van der Waals surface area contributed by atoms with Crippen LogP contribution in [0.3, 0.4) is 0 Å². The van der Waals surface area contributed by atoms with Gasteiger partial charge in [0.05, 0.1) is 11.0 Å². The van der Waals surface area contributed by atoms with Crippen molar-refractivity contribution in [3.8, 4) is 0 Å². The van der Waals surface area contributed by atoms with Gasteiger partial charge in [-0.05, 0) is 54.4 Å². The van der Waals surface area contributed by atoms with Crippen LogP contribution >= 0.6 is 15.9 Å². The van der Waals surface area contributed by atoms with Gasteiger partial charge in [-0.1, -0.05) is 6.07 Å². The average Bonchev–Trinajstić information content (AvgIpc) is 2.25. The first-order valence-electron chi connectivity index (χ1n) is 5.52. The molecule has 4 nitrogen and oxygen atoms in total. The van der Waals surface area contributed by atoms with Crippen molar-refractivity contribution in [1.29, 1.82) is 0 Å². The zero-order chi connectivity index (χ0) is 13.9. The van der Waals surface area contributed by atoms with Crippen molar-refractivity contribution >= 4 is 27.8 Å². The molecule has 1 aromatic rings. The van der Waals surface area contributed by atoms with Gasteiger partial charge in [0.25, 0.3) is 5.91 Å². The minimum atomic E-state index is -0.979. The van der Waals surface area contributed by atoms with E-state index in [2.05, 4.69) is 21.2 Å². The molecule has 0 spiro atoms. The van der Waals surface area contributed by atoms with Crippen LogP contribution in [-0.4, -0.2) is 23.5 Å². The fourth-order valence-corrected chi connectivity index (χ4v) is 1.95. The third-order valence-corrected chi connectivity index (χ3v) is 3.30. The van der Waals surface area contributed by atoms with Crippen molar-refractivity contribution in [3.63, 3.8) is 0 Å². The molecular weight excluding hydrogens is 298 g/mol. The van der Waals surface area contributed by atoms with Gasteiger partial charge in [-0.15, -0.1) is 0 Å². The SMILES string of the molecule is Cc1ccc(C(=O)NCC(C)(C)C(=O)O)c(Br)c1. The molecule has 0 bridgehead atoms. The number of carboxylic acids is 1. The quantitative estimate of drug-likeness (QED) is 0.898. The zero-order valence-electron chi connectivity index (χ0n) is 10.6. The second-order valence-electron chi connectivity index (χ2n) is 4.86. The molecular formula is C13H16BrNO3. The maximum atomic E-state index is 11.9. The summed E-state index contributed by atoms with van der Waals surface area (Å²) >= 11 is 3.32. The molecule has 0 fully saturated rings. The van der Waals surface area contributed by atoms with Gasteiger partial charge in [0.1, 0.15) is 0 Å². The highest BCUT2D eigenvalue weighted by Crippen LogP contribution is 2.19. The number of hydrogen-bond donors (Lipinski definition) is 2. The Morgan fingerprint density at radius 3 is 2.50 bits per heavy atom. The normalized spacial score (nSPS) is 11.1. The molecule has 5 heteroatoms. The number of carbonyl (C=O) groups excluding carboxylic acids is 1. The van der Waals surface area contributed by atoms with Gasteiger partial charge in [0, 0.05) is 11.0 Å². The lowest BCUT2D eigenvalue weighted by Crippen LogP contribution is -2.39. The van der Waals surface area contributed by atoms with Crippen molar-refractivity contribution < 1.29 is 14.7 Å². The molecule has 0 saturated carbocycles. The van der Waals surface area contributed by atoms with Gasteiger partial charge >= 0.3 is 5.97 Å². The van der Waals surface area contributed by atoms with E-state index >= 15 is 0 Å². The number of carboxylic acid groups (broad SMARTS) is 1. The van der Waals surface area contributed by atoms with E-state index in [1.165, 1.54) is 0 Å². The number of amides is 1. The molecule has 0 atom stereocenters. The Labute approximate surface area is 115 Å². The molecule has 0 aliphatic rings. The Balaban J connectivity index is 2.75. The molecule has 0 aliphatic carbocycles. The minimum Gasteiger partial charge on any atom is -0.481 e.